The van der Waals surface area contributed by atoms with Crippen LogP contribution in [0.1, 0.15) is 52.4 Å². The van der Waals surface area contributed by atoms with Crippen molar-refractivity contribution < 1.29 is 9.90 Å². The van der Waals surface area contributed by atoms with Crippen molar-refractivity contribution in [2.45, 2.75) is 44.2 Å². The molecule has 0 aliphatic heterocycles. The van der Waals surface area contributed by atoms with Gasteiger partial charge in [-0.05, 0) is 79.0 Å². The van der Waals surface area contributed by atoms with E-state index in [2.05, 4.69) is 17.4 Å². The molecule has 4 N–H and O–H groups in total. The number of hydrogen-bond donors (Lipinski definition) is 3. The molecule has 1 amide bonds. The van der Waals surface area contributed by atoms with Crippen LogP contribution in [0.15, 0.2) is 78.9 Å². The molecular weight excluding hydrogens is 384 g/mol. The molecule has 3 aromatic carbocycles. The maximum Gasteiger partial charge on any atom is 0.255 e. The van der Waals surface area contributed by atoms with Crippen molar-refractivity contribution >= 4 is 11.6 Å². The summed E-state index contributed by atoms with van der Waals surface area (Å²) in [6.07, 6.45) is 3.73. The van der Waals surface area contributed by atoms with Crippen molar-refractivity contribution in [3.8, 4) is 0 Å². The lowest BCUT2D eigenvalue weighted by atomic mass is 9.89. The lowest BCUT2D eigenvalue weighted by Crippen LogP contribution is -2.18. The van der Waals surface area contributed by atoms with Gasteiger partial charge >= 0.3 is 0 Å². The van der Waals surface area contributed by atoms with Crippen LogP contribution in [-0.4, -0.2) is 17.1 Å². The molecule has 4 rings (SSSR count). The van der Waals surface area contributed by atoms with E-state index in [9.17, 15) is 9.90 Å². The monoisotopic (exact) mass is 414 g/mol. The Kier molecular flexibility index (Phi) is 6.80. The van der Waals surface area contributed by atoms with E-state index in [1.165, 1.54) is 0 Å². The summed E-state index contributed by atoms with van der Waals surface area (Å²) < 4.78 is 0. The Labute approximate surface area is 184 Å². The molecule has 0 bridgehead atoms. The molecular formula is C27H30N2O2. The van der Waals surface area contributed by atoms with E-state index in [0.717, 1.165) is 48.1 Å². The van der Waals surface area contributed by atoms with E-state index in [-0.39, 0.29) is 18.1 Å². The van der Waals surface area contributed by atoms with Crippen molar-refractivity contribution in [1.29, 1.82) is 0 Å². The quantitative estimate of drug-likeness (QED) is 0.503. The minimum atomic E-state index is -0.380. The van der Waals surface area contributed by atoms with Gasteiger partial charge in [-0.1, -0.05) is 54.6 Å². The van der Waals surface area contributed by atoms with Gasteiger partial charge in [-0.25, -0.2) is 0 Å². The van der Waals surface area contributed by atoms with E-state index in [4.69, 9.17) is 5.73 Å². The summed E-state index contributed by atoms with van der Waals surface area (Å²) in [5.41, 5.74) is 11.3. The van der Waals surface area contributed by atoms with Crippen molar-refractivity contribution in [2.75, 3.05) is 5.32 Å². The Morgan fingerprint density at radius 1 is 1.00 bits per heavy atom. The first kappa shape index (κ1) is 21.3. The van der Waals surface area contributed by atoms with E-state index >= 15 is 0 Å². The fraction of sp³-hybridized carbons (Fsp3) is 0.296. The molecule has 2 unspecified atom stereocenters. The minimum absolute atomic E-state index is 0.0301. The van der Waals surface area contributed by atoms with Gasteiger partial charge in [0.1, 0.15) is 0 Å². The van der Waals surface area contributed by atoms with Crippen molar-refractivity contribution in [3.05, 3.63) is 101 Å². The number of carbonyl (C=O) groups is 1. The molecule has 1 aliphatic rings. The number of amides is 1. The second-order valence-corrected chi connectivity index (χ2v) is 8.57. The molecule has 0 heterocycles. The van der Waals surface area contributed by atoms with Crippen LogP contribution in [0.3, 0.4) is 0 Å². The third kappa shape index (κ3) is 5.60. The number of nitrogens with two attached hydrogens (primary N) is 1. The first-order chi connectivity index (χ1) is 15.1. The number of carbonyl (C=O) groups excluding carboxylic acids is 1. The van der Waals surface area contributed by atoms with Gasteiger partial charge in [-0.15, -0.1) is 0 Å². The molecule has 4 nitrogen and oxygen atoms in total. The summed E-state index contributed by atoms with van der Waals surface area (Å²) in [7, 11) is 0. The third-order valence-corrected chi connectivity index (χ3v) is 6.15. The maximum atomic E-state index is 12.7. The number of benzene rings is 3. The lowest BCUT2D eigenvalue weighted by molar-refractivity contribution is 0.102. The summed E-state index contributed by atoms with van der Waals surface area (Å²) in [4.78, 5) is 12.7. The molecule has 4 heteroatoms. The van der Waals surface area contributed by atoms with Crippen LogP contribution >= 0.6 is 0 Å². The number of para-hydroxylation sites is 1. The van der Waals surface area contributed by atoms with Crippen LogP contribution in [0.5, 0.6) is 0 Å². The molecule has 0 saturated carbocycles. The minimum Gasteiger partial charge on any atom is -0.393 e. The standard InChI is InChI=1S/C27H30N2O2/c28-26-14-11-20(17-24(30)16-19-7-3-1-4-8-19)15-22-18-21(12-13-25(22)26)27(31)29-23-9-5-2-6-10-23/h1-10,12-13,18,20,24,26,30H,11,14-17,28H2,(H,29,31)/t20?,24-,26?/m1/s1. The van der Waals surface area contributed by atoms with E-state index in [1.807, 2.05) is 66.7 Å². The van der Waals surface area contributed by atoms with Crippen LogP contribution < -0.4 is 11.1 Å². The number of aliphatic hydroxyl groups is 1. The fourth-order valence-electron chi connectivity index (χ4n) is 4.55. The topological polar surface area (TPSA) is 75.3 Å². The summed E-state index contributed by atoms with van der Waals surface area (Å²) in [6.45, 7) is 0. The van der Waals surface area contributed by atoms with Gasteiger partial charge in [0.05, 0.1) is 6.10 Å². The molecule has 0 saturated heterocycles. The highest BCUT2D eigenvalue weighted by atomic mass is 16.3. The molecule has 0 fully saturated rings. The highest BCUT2D eigenvalue weighted by Crippen LogP contribution is 2.33. The molecule has 1 aliphatic carbocycles. The highest BCUT2D eigenvalue weighted by molar-refractivity contribution is 6.04. The Morgan fingerprint density at radius 2 is 1.71 bits per heavy atom. The average molecular weight is 415 g/mol. The number of aliphatic hydroxyl groups excluding tert-OH is 1. The molecule has 31 heavy (non-hydrogen) atoms. The van der Waals surface area contributed by atoms with Gasteiger partial charge in [-0.3, -0.25) is 4.79 Å². The number of rotatable bonds is 6. The molecule has 0 aromatic heterocycles. The summed E-state index contributed by atoms with van der Waals surface area (Å²) >= 11 is 0. The van der Waals surface area contributed by atoms with Gasteiger partial charge in [0.25, 0.3) is 5.91 Å². The average Bonchev–Trinajstić information content (AvgIpc) is 2.93. The second kappa shape index (κ2) is 9.90. The lowest BCUT2D eigenvalue weighted by Gasteiger charge is -2.19. The van der Waals surface area contributed by atoms with E-state index in [1.54, 1.807) is 0 Å². The van der Waals surface area contributed by atoms with Crippen LogP contribution in [0.25, 0.3) is 0 Å². The van der Waals surface area contributed by atoms with Gasteiger partial charge in [0.15, 0.2) is 0 Å². The molecule has 3 atom stereocenters. The largest absolute Gasteiger partial charge is 0.393 e. The van der Waals surface area contributed by atoms with Gasteiger partial charge < -0.3 is 16.2 Å². The van der Waals surface area contributed by atoms with Crippen LogP contribution in [0.2, 0.25) is 0 Å². The number of anilines is 1. The van der Waals surface area contributed by atoms with Crippen LogP contribution in [-0.2, 0) is 12.8 Å². The zero-order valence-electron chi connectivity index (χ0n) is 17.7. The Balaban J connectivity index is 1.46. The molecule has 160 valence electrons. The van der Waals surface area contributed by atoms with Crippen molar-refractivity contribution in [1.82, 2.24) is 0 Å². The number of fused-ring (bicyclic) bond motifs is 1. The van der Waals surface area contributed by atoms with Crippen molar-refractivity contribution in [3.63, 3.8) is 0 Å². The van der Waals surface area contributed by atoms with Gasteiger partial charge in [-0.2, -0.15) is 0 Å². The zero-order valence-corrected chi connectivity index (χ0v) is 17.7. The Morgan fingerprint density at radius 3 is 2.45 bits per heavy atom. The first-order valence-electron chi connectivity index (χ1n) is 11.1. The smallest absolute Gasteiger partial charge is 0.255 e. The highest BCUT2D eigenvalue weighted by Gasteiger charge is 2.24. The second-order valence-electron chi connectivity index (χ2n) is 8.57. The summed E-state index contributed by atoms with van der Waals surface area (Å²) in [5, 5.41) is 13.6. The number of nitrogens with one attached hydrogen (secondary N) is 1. The van der Waals surface area contributed by atoms with Crippen LogP contribution in [0.4, 0.5) is 5.69 Å². The predicted molar refractivity (Wildman–Crippen MR) is 125 cm³/mol. The summed E-state index contributed by atoms with van der Waals surface area (Å²) in [5.74, 6) is 0.228. The molecule has 3 aromatic rings. The van der Waals surface area contributed by atoms with E-state index < -0.39 is 0 Å². The predicted octanol–water partition coefficient (Wildman–Crippen LogP) is 4.88. The summed E-state index contributed by atoms with van der Waals surface area (Å²) in [6, 6.07) is 25.4. The Hall–Kier alpha value is -2.95. The van der Waals surface area contributed by atoms with Crippen LogP contribution in [0, 0.1) is 5.92 Å². The molecule has 0 spiro atoms. The van der Waals surface area contributed by atoms with Gasteiger partial charge in [0, 0.05) is 17.3 Å². The SMILES string of the molecule is NC1CCC(C[C@H](O)Cc2ccccc2)Cc2cc(C(=O)Nc3ccccc3)ccc21. The van der Waals surface area contributed by atoms with E-state index in [0.29, 0.717) is 17.9 Å². The Bertz CT molecular complexity index is 1000. The zero-order chi connectivity index (χ0) is 21.6. The first-order valence-corrected chi connectivity index (χ1v) is 11.1. The fourth-order valence-corrected chi connectivity index (χ4v) is 4.55. The normalized spacial score (nSPS) is 19.2. The van der Waals surface area contributed by atoms with Gasteiger partial charge in [0.2, 0.25) is 0 Å². The molecule has 0 radical (unpaired) electrons. The van der Waals surface area contributed by atoms with Crippen molar-refractivity contribution in [2.24, 2.45) is 11.7 Å². The third-order valence-electron chi connectivity index (χ3n) is 6.15. The maximum absolute atomic E-state index is 12.7. The number of hydrogen-bond acceptors (Lipinski definition) is 3.